The highest BCUT2D eigenvalue weighted by Gasteiger charge is 2.19. The number of carbonyl (C=O) groups excluding carboxylic acids is 1. The van der Waals surface area contributed by atoms with E-state index in [1.165, 1.54) is 44.4 Å². The fraction of sp³-hybridized carbons (Fsp3) is 0.464. The molecular weight excluding hydrogens is 521 g/mol. The maximum absolute atomic E-state index is 13.9. The normalized spacial score (nSPS) is 17.3. The molecule has 0 radical (unpaired) electrons. The van der Waals surface area contributed by atoms with Gasteiger partial charge in [-0.05, 0) is 69.4 Å². The Bertz CT molecular complexity index is 1440. The van der Waals surface area contributed by atoms with Gasteiger partial charge in [0.2, 0.25) is 0 Å². The molecule has 1 amide bonds. The molecule has 11 heteroatoms. The number of carbonyl (C=O) groups is 1. The minimum absolute atomic E-state index is 0.0463. The third kappa shape index (κ3) is 7.42. The highest BCUT2D eigenvalue weighted by atomic mass is 32.2. The Balaban J connectivity index is 0.000000519. The number of aryl methyl sites for hydroxylation is 1. The number of hydrogen-bond acceptors (Lipinski definition) is 8. The summed E-state index contributed by atoms with van der Waals surface area (Å²) in [7, 11) is -0.694. The van der Waals surface area contributed by atoms with E-state index in [4.69, 9.17) is 9.84 Å². The molecule has 3 aromatic rings. The molecule has 9 nitrogen and oxygen atoms in total. The molecule has 2 aromatic carbocycles. The molecule has 3 N–H and O–H groups in total. The summed E-state index contributed by atoms with van der Waals surface area (Å²) in [5.41, 5.74) is 2.60. The number of halogens is 1. The molecule has 39 heavy (non-hydrogen) atoms. The third-order valence-electron chi connectivity index (χ3n) is 6.81. The van der Waals surface area contributed by atoms with Crippen LogP contribution in [0.5, 0.6) is 5.75 Å². The Kier molecular flexibility index (Phi) is 9.34. The van der Waals surface area contributed by atoms with E-state index in [0.717, 1.165) is 36.6 Å². The molecule has 5 rings (SSSR count). The summed E-state index contributed by atoms with van der Waals surface area (Å²) < 4.78 is 37.0. The minimum Gasteiger partial charge on any atom is -0.479 e. The molecule has 1 aromatic heterocycles. The Hall–Kier alpha value is -3.31. The van der Waals surface area contributed by atoms with Crippen LogP contribution in [0.1, 0.15) is 51.0 Å². The fourth-order valence-corrected chi connectivity index (χ4v) is 6.92. The van der Waals surface area contributed by atoms with Crippen molar-refractivity contribution >= 4 is 43.7 Å². The van der Waals surface area contributed by atoms with Gasteiger partial charge in [-0.15, -0.1) is 0 Å². The summed E-state index contributed by atoms with van der Waals surface area (Å²) in [6.07, 6.45) is 7.08. The second kappa shape index (κ2) is 12.7. The lowest BCUT2D eigenvalue weighted by atomic mass is 10.1. The van der Waals surface area contributed by atoms with E-state index < -0.39 is 21.7 Å². The van der Waals surface area contributed by atoms with Crippen molar-refractivity contribution in [2.24, 2.45) is 4.36 Å². The van der Waals surface area contributed by atoms with Crippen molar-refractivity contribution in [2.45, 2.75) is 64.6 Å². The van der Waals surface area contributed by atoms with Crippen LogP contribution in [0.25, 0.3) is 10.9 Å². The second-order valence-corrected chi connectivity index (χ2v) is 12.5. The Morgan fingerprint density at radius 2 is 1.87 bits per heavy atom. The number of ether oxygens (including phenoxy) is 1. The van der Waals surface area contributed by atoms with Gasteiger partial charge in [-0.3, -0.25) is 4.79 Å². The Morgan fingerprint density at radius 3 is 2.51 bits per heavy atom. The second-order valence-electron chi connectivity index (χ2n) is 9.94. The standard InChI is InChI=1S/C23H26FN5O3S.C5H10O/c1-14-10-17(29-33(31)8-4-5-9-33)12-19-21(14)22(27-13-26-19)28-18-7-6-16(24)11-20(18)32-15(2)23(30)25-3;6-5-3-1-2-4-5/h6-7,10-13,15H,4-5,8-9H2,1-3H3,(H,25,30)(H,26,27,28);5-6H,1-4H2/t15-;/m1./s1. The molecule has 1 saturated heterocycles. The number of nitrogens with zero attached hydrogens (tertiary/aromatic N) is 3. The van der Waals surface area contributed by atoms with Crippen molar-refractivity contribution in [3.05, 3.63) is 48.0 Å². The molecule has 0 bridgehead atoms. The molecular formula is C28H36FN5O4S. The van der Waals surface area contributed by atoms with Gasteiger partial charge in [-0.1, -0.05) is 12.8 Å². The number of anilines is 2. The van der Waals surface area contributed by atoms with Crippen LogP contribution >= 0.6 is 0 Å². The van der Waals surface area contributed by atoms with Gasteiger partial charge in [-0.25, -0.2) is 18.6 Å². The topological polar surface area (TPSA) is 126 Å². The number of amides is 1. The highest BCUT2D eigenvalue weighted by Crippen LogP contribution is 2.34. The molecule has 1 saturated carbocycles. The predicted octanol–water partition coefficient (Wildman–Crippen LogP) is 5.15. The van der Waals surface area contributed by atoms with Crippen LogP contribution in [-0.2, 0) is 14.5 Å². The maximum atomic E-state index is 13.9. The maximum Gasteiger partial charge on any atom is 0.260 e. The Labute approximate surface area is 228 Å². The molecule has 210 valence electrons. The zero-order valence-electron chi connectivity index (χ0n) is 22.6. The van der Waals surface area contributed by atoms with Gasteiger partial charge in [0.1, 0.15) is 23.7 Å². The molecule has 0 spiro atoms. The van der Waals surface area contributed by atoms with Gasteiger partial charge in [0.15, 0.2) is 6.10 Å². The molecule has 1 aliphatic carbocycles. The fourth-order valence-electron chi connectivity index (χ4n) is 4.74. The van der Waals surface area contributed by atoms with Crippen LogP contribution in [0.2, 0.25) is 0 Å². The van der Waals surface area contributed by atoms with Crippen molar-refractivity contribution in [2.75, 3.05) is 23.9 Å². The smallest absolute Gasteiger partial charge is 0.260 e. The van der Waals surface area contributed by atoms with Gasteiger partial charge in [-0.2, -0.15) is 4.36 Å². The van der Waals surface area contributed by atoms with Crippen molar-refractivity contribution < 1.29 is 23.2 Å². The lowest BCUT2D eigenvalue weighted by Gasteiger charge is -2.18. The number of likely N-dealkylation sites (N-methyl/N-ethyl adjacent to an activating group) is 1. The van der Waals surface area contributed by atoms with Crippen LogP contribution in [-0.4, -0.2) is 56.0 Å². The first kappa shape index (κ1) is 28.7. The lowest BCUT2D eigenvalue weighted by molar-refractivity contribution is -0.126. The monoisotopic (exact) mass is 557 g/mol. The van der Waals surface area contributed by atoms with Gasteiger partial charge in [0.05, 0.1) is 32.7 Å². The molecule has 1 atom stereocenters. The van der Waals surface area contributed by atoms with Crippen molar-refractivity contribution in [1.82, 2.24) is 15.3 Å². The van der Waals surface area contributed by atoms with Crippen LogP contribution in [0.3, 0.4) is 0 Å². The quantitative estimate of drug-likeness (QED) is 0.383. The third-order valence-corrected chi connectivity index (χ3v) is 9.21. The van der Waals surface area contributed by atoms with Crippen LogP contribution in [0.15, 0.2) is 41.0 Å². The first-order valence-corrected chi connectivity index (χ1v) is 15.1. The first-order chi connectivity index (χ1) is 18.7. The average Bonchev–Trinajstić information content (AvgIpc) is 3.56. The average molecular weight is 558 g/mol. The summed E-state index contributed by atoms with van der Waals surface area (Å²) in [4.78, 5) is 20.6. The van der Waals surface area contributed by atoms with E-state index in [-0.39, 0.29) is 17.8 Å². The summed E-state index contributed by atoms with van der Waals surface area (Å²) in [5, 5.41) is 15.2. The number of fused-ring (bicyclic) bond motifs is 1. The molecule has 1 aliphatic heterocycles. The summed E-state index contributed by atoms with van der Waals surface area (Å²) in [6.45, 7) is 3.49. The first-order valence-electron chi connectivity index (χ1n) is 13.3. The van der Waals surface area contributed by atoms with E-state index in [2.05, 4.69) is 25.0 Å². The van der Waals surface area contributed by atoms with Crippen molar-refractivity contribution in [3.63, 3.8) is 0 Å². The molecule has 0 unspecified atom stereocenters. The van der Waals surface area contributed by atoms with Gasteiger partial charge in [0.25, 0.3) is 5.91 Å². The molecule has 2 fully saturated rings. The predicted molar refractivity (Wildman–Crippen MR) is 152 cm³/mol. The summed E-state index contributed by atoms with van der Waals surface area (Å²) in [5.74, 6) is 1.12. The zero-order chi connectivity index (χ0) is 28.0. The Morgan fingerprint density at radius 1 is 1.15 bits per heavy atom. The van der Waals surface area contributed by atoms with E-state index in [0.29, 0.717) is 34.2 Å². The number of aliphatic hydroxyl groups excluding tert-OH is 1. The summed E-state index contributed by atoms with van der Waals surface area (Å²) in [6, 6.07) is 7.71. The van der Waals surface area contributed by atoms with Gasteiger partial charge >= 0.3 is 0 Å². The largest absolute Gasteiger partial charge is 0.479 e. The van der Waals surface area contributed by atoms with E-state index in [9.17, 15) is 13.4 Å². The number of rotatable bonds is 6. The highest BCUT2D eigenvalue weighted by molar-refractivity contribution is 7.93. The minimum atomic E-state index is -2.20. The van der Waals surface area contributed by atoms with Crippen molar-refractivity contribution in [1.29, 1.82) is 0 Å². The van der Waals surface area contributed by atoms with E-state index >= 15 is 0 Å². The van der Waals surface area contributed by atoms with Gasteiger partial charge < -0.3 is 20.5 Å². The zero-order valence-corrected chi connectivity index (χ0v) is 23.4. The number of aromatic nitrogens is 2. The SMILES string of the molecule is CNC(=O)[C@@H](C)Oc1cc(F)ccc1Nc1ncnc2cc(N=S3(=O)CCCC3)cc(C)c12.OC1CCCC1. The lowest BCUT2D eigenvalue weighted by Crippen LogP contribution is -2.33. The number of nitrogens with one attached hydrogen (secondary N) is 2. The van der Waals surface area contributed by atoms with E-state index in [1.807, 2.05) is 13.0 Å². The number of aliphatic hydroxyl groups is 1. The number of benzene rings is 2. The molecule has 2 aliphatic rings. The van der Waals surface area contributed by atoms with Crippen LogP contribution < -0.4 is 15.4 Å². The van der Waals surface area contributed by atoms with Gasteiger partial charge in [0, 0.05) is 30.0 Å². The van der Waals surface area contributed by atoms with E-state index in [1.54, 1.807) is 13.0 Å². The van der Waals surface area contributed by atoms with Crippen LogP contribution in [0, 0.1) is 12.7 Å². The van der Waals surface area contributed by atoms with Crippen molar-refractivity contribution in [3.8, 4) is 5.75 Å². The number of hydrogen-bond donors (Lipinski definition) is 3. The van der Waals surface area contributed by atoms with Crippen LogP contribution in [0.4, 0.5) is 21.6 Å². The summed E-state index contributed by atoms with van der Waals surface area (Å²) >= 11 is 0. The molecule has 2 heterocycles.